The number of aliphatic hydroxyl groups is 1. The van der Waals surface area contributed by atoms with Gasteiger partial charge < -0.3 is 20.9 Å². The molecule has 1 aromatic carbocycles. The van der Waals surface area contributed by atoms with Gasteiger partial charge in [-0.15, -0.1) is 11.8 Å². The van der Waals surface area contributed by atoms with Gasteiger partial charge in [0.15, 0.2) is 0 Å². The maximum atomic E-state index is 10.4. The zero-order chi connectivity index (χ0) is 19.1. The molecule has 0 saturated carbocycles. The number of nitrogens with two attached hydrogens (primary N) is 1. The average Bonchev–Trinajstić information content (AvgIpc) is 3.18. The topological polar surface area (TPSA) is 80.4 Å². The zero-order valence-corrected chi connectivity index (χ0v) is 16.5. The molecule has 5 nitrogen and oxygen atoms in total. The Bertz CT molecular complexity index is 964. The number of methoxy groups -OCH3 is 1. The Labute approximate surface area is 163 Å². The predicted molar refractivity (Wildman–Crippen MR) is 112 cm³/mol. The van der Waals surface area contributed by atoms with Crippen LogP contribution in [0.2, 0.25) is 0 Å². The van der Waals surface area contributed by atoms with Gasteiger partial charge in [0.05, 0.1) is 17.7 Å². The van der Waals surface area contributed by atoms with Crippen LogP contribution in [0.3, 0.4) is 0 Å². The quantitative estimate of drug-likeness (QED) is 0.728. The number of fused-ring (bicyclic) bond motifs is 3. The summed E-state index contributed by atoms with van der Waals surface area (Å²) in [5.41, 5.74) is 12.8. The van der Waals surface area contributed by atoms with E-state index in [1.165, 1.54) is 0 Å². The zero-order valence-electron chi connectivity index (χ0n) is 15.7. The molecule has 3 heterocycles. The minimum absolute atomic E-state index is 0.218. The molecule has 27 heavy (non-hydrogen) atoms. The monoisotopic (exact) mass is 381 g/mol. The SMILES string of the molecule is COc1cc(C)c2c(c1-c1ccc(C(C)CN)nc1)C1=CCSC1=C(O)N2. The van der Waals surface area contributed by atoms with Gasteiger partial charge in [-0.3, -0.25) is 4.98 Å². The summed E-state index contributed by atoms with van der Waals surface area (Å²) in [6, 6.07) is 6.10. The molecule has 0 bridgehead atoms. The van der Waals surface area contributed by atoms with Gasteiger partial charge in [-0.1, -0.05) is 19.1 Å². The number of aromatic nitrogens is 1. The lowest BCUT2D eigenvalue weighted by atomic mass is 9.88. The molecule has 1 atom stereocenters. The molecule has 0 saturated heterocycles. The highest BCUT2D eigenvalue weighted by Gasteiger charge is 2.31. The molecule has 4 rings (SSSR count). The highest BCUT2D eigenvalue weighted by atomic mass is 32.2. The molecule has 0 fully saturated rings. The van der Waals surface area contributed by atoms with Crippen molar-refractivity contribution < 1.29 is 9.84 Å². The minimum atomic E-state index is 0.218. The lowest BCUT2D eigenvalue weighted by Crippen LogP contribution is -2.13. The fraction of sp³-hybridized carbons (Fsp3) is 0.286. The molecule has 2 aromatic rings. The first-order chi connectivity index (χ1) is 13.0. The van der Waals surface area contributed by atoms with E-state index >= 15 is 0 Å². The summed E-state index contributed by atoms with van der Waals surface area (Å²) >= 11 is 1.63. The molecular weight excluding hydrogens is 358 g/mol. The maximum absolute atomic E-state index is 10.4. The van der Waals surface area contributed by atoms with Gasteiger partial charge in [0.25, 0.3) is 0 Å². The number of thioether (sulfide) groups is 1. The van der Waals surface area contributed by atoms with Crippen LogP contribution in [0, 0.1) is 6.92 Å². The van der Waals surface area contributed by atoms with Crippen molar-refractivity contribution in [1.29, 1.82) is 0 Å². The Balaban J connectivity index is 1.93. The minimum Gasteiger partial charge on any atom is -0.496 e. The van der Waals surface area contributed by atoms with Gasteiger partial charge in [-0.25, -0.2) is 0 Å². The highest BCUT2D eigenvalue weighted by Crippen LogP contribution is 2.52. The number of nitrogens with one attached hydrogen (secondary N) is 1. The maximum Gasteiger partial charge on any atom is 0.203 e. The average molecular weight is 382 g/mol. The first-order valence-electron chi connectivity index (χ1n) is 8.97. The number of ether oxygens (including phenoxy) is 1. The number of rotatable bonds is 4. The Hall–Kier alpha value is -2.44. The Morgan fingerprint density at radius 3 is 2.85 bits per heavy atom. The van der Waals surface area contributed by atoms with Gasteiger partial charge in [0.2, 0.25) is 5.88 Å². The number of hydrogen-bond donors (Lipinski definition) is 3. The largest absolute Gasteiger partial charge is 0.496 e. The predicted octanol–water partition coefficient (Wildman–Crippen LogP) is 4.41. The molecule has 0 amide bonds. The fourth-order valence-corrected chi connectivity index (χ4v) is 4.54. The van der Waals surface area contributed by atoms with Crippen LogP contribution in [0.5, 0.6) is 5.75 Å². The van der Waals surface area contributed by atoms with Crippen LogP contribution >= 0.6 is 11.8 Å². The van der Waals surface area contributed by atoms with Gasteiger partial charge in [-0.2, -0.15) is 0 Å². The Morgan fingerprint density at radius 1 is 1.37 bits per heavy atom. The van der Waals surface area contributed by atoms with E-state index in [9.17, 15) is 5.11 Å². The number of aliphatic hydroxyl groups excluding tert-OH is 1. The van der Waals surface area contributed by atoms with Crippen molar-refractivity contribution in [2.24, 2.45) is 5.73 Å². The lowest BCUT2D eigenvalue weighted by molar-refractivity contribution is 0.413. The molecular formula is C21H23N3O2S. The molecule has 1 unspecified atom stereocenters. The Kier molecular flexibility index (Phi) is 4.61. The van der Waals surface area contributed by atoms with Crippen molar-refractivity contribution in [1.82, 2.24) is 4.98 Å². The molecule has 0 spiro atoms. The van der Waals surface area contributed by atoms with Gasteiger partial charge in [0.1, 0.15) is 5.75 Å². The second kappa shape index (κ2) is 6.94. The van der Waals surface area contributed by atoms with E-state index in [1.54, 1.807) is 18.9 Å². The molecule has 2 aliphatic rings. The van der Waals surface area contributed by atoms with Crippen LogP contribution in [-0.2, 0) is 0 Å². The standard InChI is InChI=1S/C21H23N3O2S/c1-11-8-16(26-3)17(13-4-5-15(23-10-13)12(2)9-22)18-14-6-7-27-20(14)21(25)24-19(11)18/h4-6,8,10,12,24-25H,7,9,22H2,1-3H3. The third-order valence-electron chi connectivity index (χ3n) is 5.13. The van der Waals surface area contributed by atoms with Gasteiger partial charge >= 0.3 is 0 Å². The second-order valence-electron chi connectivity index (χ2n) is 6.86. The van der Waals surface area contributed by atoms with Crippen LogP contribution in [0.4, 0.5) is 5.69 Å². The third-order valence-corrected chi connectivity index (χ3v) is 6.16. The summed E-state index contributed by atoms with van der Waals surface area (Å²) < 4.78 is 5.73. The highest BCUT2D eigenvalue weighted by molar-refractivity contribution is 8.04. The number of allylic oxidation sites excluding steroid dienone is 1. The summed E-state index contributed by atoms with van der Waals surface area (Å²) in [4.78, 5) is 5.52. The number of benzene rings is 1. The molecule has 0 aliphatic carbocycles. The van der Waals surface area contributed by atoms with E-state index in [4.69, 9.17) is 10.5 Å². The molecule has 140 valence electrons. The summed E-state index contributed by atoms with van der Waals surface area (Å²) in [7, 11) is 1.69. The second-order valence-corrected chi connectivity index (χ2v) is 7.89. The number of hydrogen-bond acceptors (Lipinski definition) is 6. The van der Waals surface area contributed by atoms with E-state index in [-0.39, 0.29) is 11.8 Å². The normalized spacial score (nSPS) is 16.4. The number of pyridine rings is 1. The lowest BCUT2D eigenvalue weighted by Gasteiger charge is -2.27. The van der Waals surface area contributed by atoms with Crippen molar-refractivity contribution in [3.05, 3.63) is 58.1 Å². The third kappa shape index (κ3) is 2.89. The smallest absolute Gasteiger partial charge is 0.203 e. The number of nitrogens with zero attached hydrogens (tertiary/aromatic N) is 1. The van der Waals surface area contributed by atoms with Crippen molar-refractivity contribution in [3.8, 4) is 16.9 Å². The summed E-state index contributed by atoms with van der Waals surface area (Å²) in [6.07, 6.45) is 4.05. The van der Waals surface area contributed by atoms with Crippen LogP contribution in [-0.4, -0.2) is 29.5 Å². The van der Waals surface area contributed by atoms with Crippen molar-refractivity contribution >= 4 is 23.0 Å². The van der Waals surface area contributed by atoms with E-state index in [2.05, 4.69) is 29.4 Å². The van der Waals surface area contributed by atoms with E-state index in [0.717, 1.165) is 55.6 Å². The van der Waals surface area contributed by atoms with Crippen LogP contribution < -0.4 is 15.8 Å². The summed E-state index contributed by atoms with van der Waals surface area (Å²) in [5.74, 6) is 2.08. The van der Waals surface area contributed by atoms with Crippen LogP contribution in [0.25, 0.3) is 16.7 Å². The fourth-order valence-electron chi connectivity index (χ4n) is 3.60. The molecule has 1 aromatic heterocycles. The molecule has 6 heteroatoms. The first-order valence-corrected chi connectivity index (χ1v) is 9.95. The molecule has 4 N–H and O–H groups in total. The summed E-state index contributed by atoms with van der Waals surface area (Å²) in [5, 5.41) is 13.6. The first kappa shape index (κ1) is 17.9. The van der Waals surface area contributed by atoms with Crippen molar-refractivity contribution in [2.45, 2.75) is 19.8 Å². The van der Waals surface area contributed by atoms with Crippen molar-refractivity contribution in [2.75, 3.05) is 24.7 Å². The Morgan fingerprint density at radius 2 is 2.19 bits per heavy atom. The molecule has 0 radical (unpaired) electrons. The molecule has 2 aliphatic heterocycles. The van der Waals surface area contributed by atoms with Crippen LogP contribution in [0.1, 0.15) is 29.7 Å². The summed E-state index contributed by atoms with van der Waals surface area (Å²) in [6.45, 7) is 4.65. The van der Waals surface area contributed by atoms with Crippen LogP contribution in [0.15, 0.2) is 41.3 Å². The van der Waals surface area contributed by atoms with Gasteiger partial charge in [-0.05, 0) is 24.6 Å². The van der Waals surface area contributed by atoms with E-state index < -0.39 is 0 Å². The van der Waals surface area contributed by atoms with E-state index in [1.807, 2.05) is 25.3 Å². The van der Waals surface area contributed by atoms with Gasteiger partial charge in [0, 0.05) is 52.4 Å². The number of anilines is 1. The van der Waals surface area contributed by atoms with Crippen molar-refractivity contribution in [3.63, 3.8) is 0 Å². The van der Waals surface area contributed by atoms with E-state index in [0.29, 0.717) is 6.54 Å². The number of aryl methyl sites for hydroxylation is 1.